The van der Waals surface area contributed by atoms with E-state index in [9.17, 15) is 4.79 Å². The Morgan fingerprint density at radius 2 is 1.89 bits per heavy atom. The molecule has 3 heteroatoms. The predicted octanol–water partition coefficient (Wildman–Crippen LogP) is 2.90. The molecule has 1 N–H and O–H groups in total. The summed E-state index contributed by atoms with van der Waals surface area (Å²) in [7, 11) is 0. The zero-order valence-corrected chi connectivity index (χ0v) is 9.97. The van der Waals surface area contributed by atoms with Crippen LogP contribution >= 0.6 is 0 Å². The molecule has 1 aromatic carbocycles. The van der Waals surface area contributed by atoms with Gasteiger partial charge < -0.3 is 4.98 Å². The molecule has 88 valence electrons. The second-order valence-corrected chi connectivity index (χ2v) is 4.23. The zero-order valence-electron chi connectivity index (χ0n) is 9.97. The standard InChI is InChI=1S/C15H12N2O/c1-10-14-12(7-8-16-15(14)18)9-13(17-10)11-5-3-2-4-6-11/h2-9H,1H3,(H,16,18). The third-order valence-electron chi connectivity index (χ3n) is 3.00. The van der Waals surface area contributed by atoms with Crippen molar-refractivity contribution in [2.45, 2.75) is 6.92 Å². The molecule has 0 fully saturated rings. The van der Waals surface area contributed by atoms with E-state index in [-0.39, 0.29) is 5.56 Å². The van der Waals surface area contributed by atoms with Gasteiger partial charge in [0, 0.05) is 11.8 Å². The molecule has 0 aliphatic heterocycles. The first-order valence-corrected chi connectivity index (χ1v) is 5.80. The fourth-order valence-electron chi connectivity index (χ4n) is 2.16. The van der Waals surface area contributed by atoms with Crippen LogP contribution in [-0.4, -0.2) is 9.97 Å². The number of pyridine rings is 2. The van der Waals surface area contributed by atoms with Crippen LogP contribution in [0.25, 0.3) is 22.0 Å². The SMILES string of the molecule is Cc1nc(-c2ccccc2)cc2cc[nH]c(=O)c12. The average Bonchev–Trinajstić information content (AvgIpc) is 2.39. The molecule has 3 nitrogen and oxygen atoms in total. The van der Waals surface area contributed by atoms with Crippen molar-refractivity contribution in [3.8, 4) is 11.3 Å². The van der Waals surface area contributed by atoms with E-state index in [1.165, 1.54) is 0 Å². The average molecular weight is 236 g/mol. The minimum absolute atomic E-state index is 0.0860. The largest absolute Gasteiger partial charge is 0.329 e. The minimum atomic E-state index is -0.0860. The Hall–Kier alpha value is -2.42. The molecule has 0 aliphatic carbocycles. The lowest BCUT2D eigenvalue weighted by Crippen LogP contribution is -2.07. The molecule has 3 aromatic rings. The van der Waals surface area contributed by atoms with E-state index in [1.807, 2.05) is 49.4 Å². The lowest BCUT2D eigenvalue weighted by atomic mass is 10.1. The normalized spacial score (nSPS) is 10.7. The third kappa shape index (κ3) is 1.70. The van der Waals surface area contributed by atoms with Gasteiger partial charge in [-0.25, -0.2) is 0 Å². The van der Waals surface area contributed by atoms with Gasteiger partial charge in [-0.05, 0) is 24.4 Å². The summed E-state index contributed by atoms with van der Waals surface area (Å²) < 4.78 is 0. The van der Waals surface area contributed by atoms with E-state index in [2.05, 4.69) is 9.97 Å². The number of fused-ring (bicyclic) bond motifs is 1. The zero-order chi connectivity index (χ0) is 12.5. The van der Waals surface area contributed by atoms with Gasteiger partial charge in [-0.2, -0.15) is 0 Å². The highest BCUT2D eigenvalue weighted by atomic mass is 16.1. The minimum Gasteiger partial charge on any atom is -0.329 e. The van der Waals surface area contributed by atoms with Crippen molar-refractivity contribution in [1.29, 1.82) is 0 Å². The Morgan fingerprint density at radius 1 is 1.11 bits per heavy atom. The summed E-state index contributed by atoms with van der Waals surface area (Å²) in [6.45, 7) is 1.87. The van der Waals surface area contributed by atoms with Gasteiger partial charge in [0.05, 0.1) is 16.8 Å². The molecule has 18 heavy (non-hydrogen) atoms. The Balaban J connectivity index is 2.32. The number of H-pyrrole nitrogens is 1. The topological polar surface area (TPSA) is 45.8 Å². The lowest BCUT2D eigenvalue weighted by Gasteiger charge is -2.05. The first-order chi connectivity index (χ1) is 8.75. The van der Waals surface area contributed by atoms with Crippen LogP contribution in [-0.2, 0) is 0 Å². The summed E-state index contributed by atoms with van der Waals surface area (Å²) in [5, 5.41) is 1.59. The number of hydrogen-bond donors (Lipinski definition) is 1. The van der Waals surface area contributed by atoms with E-state index in [0.29, 0.717) is 5.39 Å². The fourth-order valence-corrected chi connectivity index (χ4v) is 2.16. The van der Waals surface area contributed by atoms with Crippen molar-refractivity contribution in [3.63, 3.8) is 0 Å². The number of nitrogens with one attached hydrogen (secondary N) is 1. The first kappa shape index (κ1) is 10.7. The number of aromatic amines is 1. The molecule has 0 bridgehead atoms. The van der Waals surface area contributed by atoms with Crippen molar-refractivity contribution in [3.05, 3.63) is 64.7 Å². The third-order valence-corrected chi connectivity index (χ3v) is 3.00. The van der Waals surface area contributed by atoms with Gasteiger partial charge in [0.25, 0.3) is 5.56 Å². The first-order valence-electron chi connectivity index (χ1n) is 5.80. The van der Waals surface area contributed by atoms with Gasteiger partial charge in [-0.15, -0.1) is 0 Å². The lowest BCUT2D eigenvalue weighted by molar-refractivity contribution is 1.20. The van der Waals surface area contributed by atoms with Crippen LogP contribution < -0.4 is 5.56 Å². The number of rotatable bonds is 1. The van der Waals surface area contributed by atoms with Crippen LogP contribution in [0.15, 0.2) is 53.5 Å². The summed E-state index contributed by atoms with van der Waals surface area (Å²) in [6.07, 6.45) is 1.67. The number of benzene rings is 1. The van der Waals surface area contributed by atoms with Crippen molar-refractivity contribution in [2.75, 3.05) is 0 Å². The van der Waals surface area contributed by atoms with Gasteiger partial charge in [0.15, 0.2) is 0 Å². The molecule has 0 unspecified atom stereocenters. The second-order valence-electron chi connectivity index (χ2n) is 4.23. The molecule has 0 spiro atoms. The second kappa shape index (κ2) is 4.11. The van der Waals surface area contributed by atoms with Crippen molar-refractivity contribution >= 4 is 10.8 Å². The van der Waals surface area contributed by atoms with Gasteiger partial charge in [0.1, 0.15) is 0 Å². The Kier molecular flexibility index (Phi) is 2.45. The molecule has 0 atom stereocenters. The highest BCUT2D eigenvalue weighted by molar-refractivity contribution is 5.86. The van der Waals surface area contributed by atoms with Crippen LogP contribution in [0.2, 0.25) is 0 Å². The molecule has 0 saturated carbocycles. The summed E-state index contributed by atoms with van der Waals surface area (Å²) in [5.74, 6) is 0. The number of aryl methyl sites for hydroxylation is 1. The monoisotopic (exact) mass is 236 g/mol. The van der Waals surface area contributed by atoms with Crippen LogP contribution in [0.5, 0.6) is 0 Å². The number of nitrogens with zero attached hydrogens (tertiary/aromatic N) is 1. The van der Waals surface area contributed by atoms with Gasteiger partial charge in [-0.1, -0.05) is 30.3 Å². The maximum atomic E-state index is 11.8. The number of hydrogen-bond acceptors (Lipinski definition) is 2. The van der Waals surface area contributed by atoms with Crippen molar-refractivity contribution in [1.82, 2.24) is 9.97 Å². The Bertz CT molecular complexity index is 760. The van der Waals surface area contributed by atoms with Gasteiger partial charge in [0.2, 0.25) is 0 Å². The molecular formula is C15H12N2O. The molecule has 0 amide bonds. The molecule has 2 heterocycles. The highest BCUT2D eigenvalue weighted by Gasteiger charge is 2.06. The van der Waals surface area contributed by atoms with E-state index in [1.54, 1.807) is 6.20 Å². The smallest absolute Gasteiger partial charge is 0.257 e. The summed E-state index contributed by atoms with van der Waals surface area (Å²) in [6, 6.07) is 13.8. The van der Waals surface area contributed by atoms with Gasteiger partial charge >= 0.3 is 0 Å². The summed E-state index contributed by atoms with van der Waals surface area (Å²) in [4.78, 5) is 18.9. The van der Waals surface area contributed by atoms with E-state index in [4.69, 9.17) is 0 Å². The maximum Gasteiger partial charge on any atom is 0.257 e. The Morgan fingerprint density at radius 3 is 2.67 bits per heavy atom. The summed E-state index contributed by atoms with van der Waals surface area (Å²) in [5.41, 5.74) is 2.62. The maximum absolute atomic E-state index is 11.8. The molecule has 0 radical (unpaired) electrons. The molecule has 2 aromatic heterocycles. The summed E-state index contributed by atoms with van der Waals surface area (Å²) >= 11 is 0. The highest BCUT2D eigenvalue weighted by Crippen LogP contribution is 2.22. The van der Waals surface area contributed by atoms with E-state index >= 15 is 0 Å². The van der Waals surface area contributed by atoms with Crippen LogP contribution in [0, 0.1) is 6.92 Å². The van der Waals surface area contributed by atoms with Gasteiger partial charge in [-0.3, -0.25) is 9.78 Å². The van der Waals surface area contributed by atoms with Crippen molar-refractivity contribution < 1.29 is 0 Å². The van der Waals surface area contributed by atoms with E-state index < -0.39 is 0 Å². The molecule has 0 saturated heterocycles. The quantitative estimate of drug-likeness (QED) is 0.706. The fraction of sp³-hybridized carbons (Fsp3) is 0.0667. The molecular weight excluding hydrogens is 224 g/mol. The van der Waals surface area contributed by atoms with Crippen LogP contribution in [0.1, 0.15) is 5.69 Å². The molecule has 0 aliphatic rings. The van der Waals surface area contributed by atoms with Crippen LogP contribution in [0.4, 0.5) is 0 Å². The van der Waals surface area contributed by atoms with Crippen molar-refractivity contribution in [2.24, 2.45) is 0 Å². The van der Waals surface area contributed by atoms with E-state index in [0.717, 1.165) is 22.3 Å². The van der Waals surface area contributed by atoms with Crippen LogP contribution in [0.3, 0.4) is 0 Å². The predicted molar refractivity (Wildman–Crippen MR) is 72.5 cm³/mol. The molecule has 3 rings (SSSR count). The Labute approximate surface area is 104 Å². The number of aromatic nitrogens is 2.